The molecule has 4 rings (SSSR count). The smallest absolute Gasteiger partial charge is 0.244 e. The molecule has 2 saturated heterocycles. The highest BCUT2D eigenvalue weighted by Gasteiger charge is 2.58. The first-order valence-electron chi connectivity index (χ1n) is 12.8. The van der Waals surface area contributed by atoms with Crippen molar-refractivity contribution in [1.29, 1.82) is 5.41 Å². The molecule has 2 heterocycles. The van der Waals surface area contributed by atoms with Crippen LogP contribution in [0.4, 0.5) is 0 Å². The maximum absolute atomic E-state index is 13.9. The zero-order valence-electron chi connectivity index (χ0n) is 21.3. The Bertz CT molecular complexity index is 998. The summed E-state index contributed by atoms with van der Waals surface area (Å²) in [7, 11) is 1.68. The molecule has 8 nitrogen and oxygen atoms in total. The number of benzene rings is 1. The van der Waals surface area contributed by atoms with Crippen molar-refractivity contribution in [2.75, 3.05) is 7.11 Å². The number of nitrogens with zero attached hydrogens (tertiary/aromatic N) is 1. The van der Waals surface area contributed by atoms with Gasteiger partial charge in [0.2, 0.25) is 11.8 Å². The summed E-state index contributed by atoms with van der Waals surface area (Å²) in [4.78, 5) is 29.1. The van der Waals surface area contributed by atoms with Crippen LogP contribution in [0.15, 0.2) is 35.9 Å². The first-order valence-corrected chi connectivity index (χ1v) is 12.8. The van der Waals surface area contributed by atoms with Crippen molar-refractivity contribution in [1.82, 2.24) is 10.2 Å². The highest BCUT2D eigenvalue weighted by Crippen LogP contribution is 2.44. The van der Waals surface area contributed by atoms with Crippen molar-refractivity contribution in [2.45, 2.75) is 88.6 Å². The molecule has 0 spiro atoms. The minimum absolute atomic E-state index is 0. The number of rotatable bonds is 8. The van der Waals surface area contributed by atoms with E-state index in [0.29, 0.717) is 31.4 Å². The van der Waals surface area contributed by atoms with E-state index in [9.17, 15) is 9.59 Å². The molecule has 2 aliphatic heterocycles. The third-order valence-corrected chi connectivity index (χ3v) is 8.06. The Morgan fingerprint density at radius 1 is 1.28 bits per heavy atom. The van der Waals surface area contributed by atoms with Crippen LogP contribution in [0.3, 0.4) is 0 Å². The largest absolute Gasteiger partial charge is 0.384 e. The van der Waals surface area contributed by atoms with E-state index in [-0.39, 0.29) is 48.1 Å². The minimum atomic E-state index is -1.05. The number of methoxy groups -OCH3 is 1. The van der Waals surface area contributed by atoms with E-state index in [1.807, 2.05) is 12.1 Å². The third-order valence-electron chi connectivity index (χ3n) is 8.06. The van der Waals surface area contributed by atoms with Crippen molar-refractivity contribution >= 4 is 30.1 Å². The zero-order chi connectivity index (χ0) is 25.2. The van der Waals surface area contributed by atoms with Crippen LogP contribution in [0.2, 0.25) is 0 Å². The van der Waals surface area contributed by atoms with Crippen molar-refractivity contribution < 1.29 is 14.3 Å². The molecule has 198 valence electrons. The number of nitrogen functional groups attached to an aromatic ring is 1. The molecule has 6 N–H and O–H groups in total. The summed E-state index contributed by atoms with van der Waals surface area (Å²) in [5.74, 6) is -0.0863. The third kappa shape index (κ3) is 5.61. The second-order valence-electron chi connectivity index (χ2n) is 10.4. The van der Waals surface area contributed by atoms with Gasteiger partial charge >= 0.3 is 0 Å². The molecule has 0 saturated carbocycles. The first-order chi connectivity index (χ1) is 16.8. The average molecular weight is 518 g/mol. The molecule has 3 aliphatic rings. The number of carbonyl (C=O) groups is 2. The van der Waals surface area contributed by atoms with Crippen LogP contribution in [0, 0.1) is 11.3 Å². The highest BCUT2D eigenvalue weighted by atomic mass is 35.5. The summed E-state index contributed by atoms with van der Waals surface area (Å²) >= 11 is 0. The van der Waals surface area contributed by atoms with Gasteiger partial charge in [0.1, 0.15) is 17.4 Å². The molecule has 1 aliphatic carbocycles. The topological polar surface area (TPSA) is 135 Å². The number of hydrogen-bond donors (Lipinski definition) is 4. The SMILES string of the molecule is CC[C@@H]1CC(C(=O)NCc2ccc(C(=N)N)cc2)N2C(=O)[C@@](N)(CC3=CCCCC3)C[C@H](OC)[C@H]12.Cl. The molecule has 9 heteroatoms. The number of fused-ring (bicyclic) bond motifs is 1. The Labute approximate surface area is 220 Å². The lowest BCUT2D eigenvalue weighted by Crippen LogP contribution is -2.68. The van der Waals surface area contributed by atoms with Gasteiger partial charge in [-0.15, -0.1) is 12.4 Å². The monoisotopic (exact) mass is 517 g/mol. The van der Waals surface area contributed by atoms with Gasteiger partial charge in [-0.25, -0.2) is 0 Å². The lowest BCUT2D eigenvalue weighted by atomic mass is 9.76. The number of hydrogen-bond acceptors (Lipinski definition) is 5. The number of ether oxygens (including phenoxy) is 1. The minimum Gasteiger partial charge on any atom is -0.384 e. The zero-order valence-corrected chi connectivity index (χ0v) is 22.1. The summed E-state index contributed by atoms with van der Waals surface area (Å²) in [6.45, 7) is 2.44. The van der Waals surface area contributed by atoms with Crippen LogP contribution in [-0.2, 0) is 20.9 Å². The molecule has 2 amide bonds. The van der Waals surface area contributed by atoms with E-state index in [4.69, 9.17) is 21.6 Å². The van der Waals surface area contributed by atoms with E-state index in [0.717, 1.165) is 31.2 Å². The van der Waals surface area contributed by atoms with Crippen molar-refractivity contribution in [3.8, 4) is 0 Å². The summed E-state index contributed by atoms with van der Waals surface area (Å²) in [6, 6.07) is 6.53. The van der Waals surface area contributed by atoms with Crippen LogP contribution < -0.4 is 16.8 Å². The van der Waals surface area contributed by atoms with Gasteiger partial charge in [-0.2, -0.15) is 0 Å². The number of amides is 2. The lowest BCUT2D eigenvalue weighted by Gasteiger charge is -2.48. The molecule has 5 atom stereocenters. The van der Waals surface area contributed by atoms with Gasteiger partial charge in [-0.3, -0.25) is 15.0 Å². The number of allylic oxidation sites excluding steroid dienone is 1. The molecular formula is C27H40ClN5O3. The van der Waals surface area contributed by atoms with E-state index >= 15 is 0 Å². The Kier molecular flexibility index (Phi) is 9.19. The number of halogens is 1. The maximum Gasteiger partial charge on any atom is 0.244 e. The molecule has 1 aromatic rings. The molecule has 1 aromatic carbocycles. The summed E-state index contributed by atoms with van der Waals surface area (Å²) in [6.07, 6.45) is 8.87. The van der Waals surface area contributed by atoms with Crippen molar-refractivity contribution in [3.05, 3.63) is 47.0 Å². The molecule has 1 unspecified atom stereocenters. The fourth-order valence-corrected chi connectivity index (χ4v) is 6.15. The summed E-state index contributed by atoms with van der Waals surface area (Å²) in [5.41, 5.74) is 14.1. The van der Waals surface area contributed by atoms with E-state index in [1.54, 1.807) is 24.1 Å². The molecule has 0 aromatic heterocycles. The van der Waals surface area contributed by atoms with Crippen LogP contribution in [0.5, 0.6) is 0 Å². The molecule has 36 heavy (non-hydrogen) atoms. The molecular weight excluding hydrogens is 478 g/mol. The van der Waals surface area contributed by atoms with Gasteiger partial charge in [0, 0.05) is 25.6 Å². The number of nitrogens with two attached hydrogens (primary N) is 2. The Morgan fingerprint density at radius 2 is 2.00 bits per heavy atom. The quantitative estimate of drug-likeness (QED) is 0.239. The maximum atomic E-state index is 13.9. The standard InChI is InChI=1S/C27H39N5O3.ClH/c1-3-19-13-21(25(33)31-16-18-9-11-20(12-10-18)24(28)29)32-23(19)22(35-2)15-27(30,26(32)34)14-17-7-5-4-6-8-17;/h7,9-12,19,21-23H,3-6,8,13-16,30H2,1-2H3,(H3,28,29)(H,31,33);1H/t19-,21?,22+,23+,27-;/m1./s1. The fraction of sp³-hybridized carbons (Fsp3) is 0.593. The van der Waals surface area contributed by atoms with Gasteiger partial charge in [-0.1, -0.05) is 49.3 Å². The second kappa shape index (κ2) is 11.8. The Hall–Kier alpha value is -2.42. The highest BCUT2D eigenvalue weighted by molar-refractivity contribution is 5.95. The molecule has 0 bridgehead atoms. The second-order valence-corrected chi connectivity index (χ2v) is 10.4. The number of carbonyl (C=O) groups excluding carboxylic acids is 2. The van der Waals surface area contributed by atoms with Crippen LogP contribution >= 0.6 is 12.4 Å². The van der Waals surface area contributed by atoms with E-state index in [1.165, 1.54) is 12.0 Å². The summed E-state index contributed by atoms with van der Waals surface area (Å²) in [5, 5.41) is 10.5. The number of piperidine rings is 1. The van der Waals surface area contributed by atoms with Gasteiger partial charge < -0.3 is 26.4 Å². The van der Waals surface area contributed by atoms with Crippen LogP contribution in [0.1, 0.15) is 69.4 Å². The molecule has 0 radical (unpaired) electrons. The lowest BCUT2D eigenvalue weighted by molar-refractivity contribution is -0.157. The Balaban J connectivity index is 0.00000361. The number of amidine groups is 1. The van der Waals surface area contributed by atoms with Gasteiger partial charge in [0.05, 0.1) is 12.1 Å². The number of nitrogens with one attached hydrogen (secondary N) is 2. The summed E-state index contributed by atoms with van der Waals surface area (Å²) < 4.78 is 5.91. The van der Waals surface area contributed by atoms with Crippen molar-refractivity contribution in [3.63, 3.8) is 0 Å². The van der Waals surface area contributed by atoms with Gasteiger partial charge in [-0.05, 0) is 50.0 Å². The predicted octanol–water partition coefficient (Wildman–Crippen LogP) is 3.01. The molecule has 2 fully saturated rings. The van der Waals surface area contributed by atoms with E-state index in [2.05, 4.69) is 18.3 Å². The predicted molar refractivity (Wildman–Crippen MR) is 143 cm³/mol. The van der Waals surface area contributed by atoms with Gasteiger partial charge in [0.25, 0.3) is 0 Å². The normalized spacial score (nSPS) is 29.7. The van der Waals surface area contributed by atoms with Crippen LogP contribution in [-0.4, -0.2) is 53.4 Å². The van der Waals surface area contributed by atoms with Crippen LogP contribution in [0.25, 0.3) is 0 Å². The average Bonchev–Trinajstić information content (AvgIpc) is 3.26. The Morgan fingerprint density at radius 3 is 2.58 bits per heavy atom. The fourth-order valence-electron chi connectivity index (χ4n) is 6.15. The van der Waals surface area contributed by atoms with Crippen molar-refractivity contribution in [2.24, 2.45) is 17.4 Å². The first kappa shape index (κ1) is 28.2. The van der Waals surface area contributed by atoms with E-state index < -0.39 is 11.6 Å². The van der Waals surface area contributed by atoms with Gasteiger partial charge in [0.15, 0.2) is 0 Å².